The minimum Gasteiger partial charge on any atom is -0.508 e. The molecule has 0 saturated heterocycles. The first-order valence-electron chi connectivity index (χ1n) is 2.57. The molecule has 0 aliphatic heterocycles. The topological polar surface area (TPSA) is 37.3 Å². The van der Waals surface area contributed by atoms with Gasteiger partial charge in [-0.25, -0.2) is 0 Å². The molecule has 0 radical (unpaired) electrons. The Morgan fingerprint density at radius 2 is 1.70 bits per heavy atom. The number of carbonyl (C=O) groups excluding carboxylic acids is 1. The first-order chi connectivity index (χ1) is 4.33. The van der Waals surface area contributed by atoms with Crippen LogP contribution in [0.15, 0.2) is 24.3 Å². The Hall–Kier alpha value is -0.880. The Labute approximate surface area is 62.5 Å². The van der Waals surface area contributed by atoms with E-state index in [-0.39, 0.29) is 15.6 Å². The molecule has 0 saturated carbocycles. The molecular formula is C7H9O2P. The van der Waals surface area contributed by atoms with Gasteiger partial charge in [-0.15, -0.1) is 0 Å². The third-order valence-corrected chi connectivity index (χ3v) is 1.03. The fourth-order valence-electron chi connectivity index (χ4n) is 0.553. The summed E-state index contributed by atoms with van der Waals surface area (Å²) in [4.78, 5) is 10.0. The Kier molecular flexibility index (Phi) is 3.67. The largest absolute Gasteiger partial charge is 0.508 e. The SMILES string of the molecule is O=Cc1ccc(O)cc1.P. The molecule has 2 nitrogen and oxygen atoms in total. The molecule has 54 valence electrons. The van der Waals surface area contributed by atoms with Crippen molar-refractivity contribution in [1.29, 1.82) is 0 Å². The first-order valence-corrected chi connectivity index (χ1v) is 2.57. The van der Waals surface area contributed by atoms with Crippen LogP contribution in [0.3, 0.4) is 0 Å². The highest BCUT2D eigenvalue weighted by Gasteiger charge is 1.86. The molecule has 0 bridgehead atoms. The maximum atomic E-state index is 10.0. The second kappa shape index (κ2) is 4.02. The smallest absolute Gasteiger partial charge is 0.150 e. The summed E-state index contributed by atoms with van der Waals surface area (Å²) >= 11 is 0. The van der Waals surface area contributed by atoms with Crippen LogP contribution in [-0.2, 0) is 0 Å². The number of carbonyl (C=O) groups is 1. The maximum absolute atomic E-state index is 10.0. The van der Waals surface area contributed by atoms with Gasteiger partial charge in [-0.3, -0.25) is 4.79 Å². The minimum atomic E-state index is 0. The van der Waals surface area contributed by atoms with Gasteiger partial charge in [-0.05, 0) is 24.3 Å². The highest BCUT2D eigenvalue weighted by Crippen LogP contribution is 2.07. The van der Waals surface area contributed by atoms with E-state index in [1.807, 2.05) is 0 Å². The van der Waals surface area contributed by atoms with Gasteiger partial charge >= 0.3 is 0 Å². The highest BCUT2D eigenvalue weighted by molar-refractivity contribution is 6.92. The Bertz CT molecular complexity index is 205. The van der Waals surface area contributed by atoms with E-state index in [1.165, 1.54) is 12.1 Å². The molecule has 1 N–H and O–H groups in total. The van der Waals surface area contributed by atoms with Crippen LogP contribution in [0.5, 0.6) is 5.75 Å². The standard InChI is InChI=1S/C7H6O2.H3P/c8-5-6-1-3-7(9)4-2-6;/h1-5,9H;1H3. The molecule has 0 fully saturated rings. The zero-order chi connectivity index (χ0) is 6.69. The summed E-state index contributed by atoms with van der Waals surface area (Å²) in [5.74, 6) is 0.181. The van der Waals surface area contributed by atoms with Crippen LogP contribution in [0, 0.1) is 0 Å². The van der Waals surface area contributed by atoms with Crippen molar-refractivity contribution in [3.8, 4) is 5.75 Å². The number of phenols is 1. The van der Waals surface area contributed by atoms with E-state index in [0.717, 1.165) is 6.29 Å². The fourth-order valence-corrected chi connectivity index (χ4v) is 0.553. The van der Waals surface area contributed by atoms with E-state index in [4.69, 9.17) is 5.11 Å². The molecule has 1 aromatic carbocycles. The Morgan fingerprint density at radius 1 is 1.20 bits per heavy atom. The van der Waals surface area contributed by atoms with Crippen molar-refractivity contribution in [3.63, 3.8) is 0 Å². The van der Waals surface area contributed by atoms with Crippen LogP contribution in [0.4, 0.5) is 0 Å². The summed E-state index contributed by atoms with van der Waals surface area (Å²) in [6.45, 7) is 0. The van der Waals surface area contributed by atoms with Crippen LogP contribution in [0.25, 0.3) is 0 Å². The molecule has 1 unspecified atom stereocenters. The van der Waals surface area contributed by atoms with Crippen molar-refractivity contribution >= 4 is 16.2 Å². The summed E-state index contributed by atoms with van der Waals surface area (Å²) in [5, 5.41) is 8.74. The lowest BCUT2D eigenvalue weighted by molar-refractivity contribution is 0.112. The van der Waals surface area contributed by atoms with Gasteiger partial charge in [0.2, 0.25) is 0 Å². The van der Waals surface area contributed by atoms with Gasteiger partial charge < -0.3 is 5.11 Å². The predicted molar refractivity (Wildman–Crippen MR) is 44.6 cm³/mol. The molecule has 0 aromatic heterocycles. The van der Waals surface area contributed by atoms with Crippen molar-refractivity contribution < 1.29 is 9.90 Å². The third-order valence-electron chi connectivity index (χ3n) is 1.03. The number of hydrogen-bond donors (Lipinski definition) is 1. The molecule has 0 aliphatic carbocycles. The Morgan fingerprint density at radius 3 is 2.10 bits per heavy atom. The van der Waals surface area contributed by atoms with Crippen molar-refractivity contribution in [2.45, 2.75) is 0 Å². The molecule has 1 aromatic rings. The van der Waals surface area contributed by atoms with Crippen LogP contribution < -0.4 is 0 Å². The number of rotatable bonds is 1. The Balaban J connectivity index is 0.000000810. The van der Waals surface area contributed by atoms with Gasteiger partial charge in [0.1, 0.15) is 12.0 Å². The summed E-state index contributed by atoms with van der Waals surface area (Å²) in [7, 11) is 0. The van der Waals surface area contributed by atoms with Gasteiger partial charge in [0.15, 0.2) is 0 Å². The summed E-state index contributed by atoms with van der Waals surface area (Å²) in [6.07, 6.45) is 0.736. The third kappa shape index (κ3) is 2.16. The molecule has 0 heterocycles. The normalized spacial score (nSPS) is 8.00. The summed E-state index contributed by atoms with van der Waals surface area (Å²) in [5.41, 5.74) is 0.577. The van der Waals surface area contributed by atoms with E-state index in [0.29, 0.717) is 5.56 Å². The van der Waals surface area contributed by atoms with Gasteiger partial charge in [-0.1, -0.05) is 0 Å². The molecule has 1 rings (SSSR count). The van der Waals surface area contributed by atoms with E-state index >= 15 is 0 Å². The van der Waals surface area contributed by atoms with E-state index in [2.05, 4.69) is 0 Å². The van der Waals surface area contributed by atoms with Gasteiger partial charge in [-0.2, -0.15) is 9.90 Å². The quantitative estimate of drug-likeness (QED) is 0.491. The van der Waals surface area contributed by atoms with Crippen molar-refractivity contribution in [2.75, 3.05) is 0 Å². The molecule has 1 atom stereocenters. The zero-order valence-electron chi connectivity index (χ0n) is 5.45. The van der Waals surface area contributed by atoms with E-state index in [1.54, 1.807) is 12.1 Å². The summed E-state index contributed by atoms with van der Waals surface area (Å²) < 4.78 is 0. The minimum absolute atomic E-state index is 0. The zero-order valence-corrected chi connectivity index (χ0v) is 6.86. The lowest BCUT2D eigenvalue weighted by Gasteiger charge is -1.88. The lowest BCUT2D eigenvalue weighted by Crippen LogP contribution is -1.74. The fraction of sp³-hybridized carbons (Fsp3) is 0. The lowest BCUT2D eigenvalue weighted by atomic mass is 10.2. The second-order valence-corrected chi connectivity index (χ2v) is 1.71. The van der Waals surface area contributed by atoms with Crippen LogP contribution in [-0.4, -0.2) is 11.4 Å². The number of aldehydes is 1. The van der Waals surface area contributed by atoms with Crippen molar-refractivity contribution in [2.24, 2.45) is 0 Å². The summed E-state index contributed by atoms with van der Waals surface area (Å²) in [6, 6.07) is 6.07. The van der Waals surface area contributed by atoms with Crippen molar-refractivity contribution in [3.05, 3.63) is 29.8 Å². The molecule has 3 heteroatoms. The average Bonchev–Trinajstić information content (AvgIpc) is 1.90. The molecule has 0 aliphatic rings. The van der Waals surface area contributed by atoms with Gasteiger partial charge in [0.25, 0.3) is 0 Å². The molecule has 0 spiro atoms. The van der Waals surface area contributed by atoms with E-state index in [9.17, 15) is 4.79 Å². The van der Waals surface area contributed by atoms with E-state index < -0.39 is 0 Å². The van der Waals surface area contributed by atoms with Crippen LogP contribution in [0.2, 0.25) is 0 Å². The predicted octanol–water partition coefficient (Wildman–Crippen LogP) is 1.26. The maximum Gasteiger partial charge on any atom is 0.150 e. The number of phenolic OH excluding ortho intramolecular Hbond substituents is 1. The number of benzene rings is 1. The van der Waals surface area contributed by atoms with Crippen LogP contribution in [0.1, 0.15) is 10.4 Å². The van der Waals surface area contributed by atoms with Crippen LogP contribution >= 0.6 is 9.90 Å². The second-order valence-electron chi connectivity index (χ2n) is 1.71. The first kappa shape index (κ1) is 9.12. The van der Waals surface area contributed by atoms with Gasteiger partial charge in [0, 0.05) is 5.56 Å². The highest BCUT2D eigenvalue weighted by atomic mass is 31.0. The number of aromatic hydroxyl groups is 1. The molecule has 0 amide bonds. The monoisotopic (exact) mass is 156 g/mol. The molecule has 10 heavy (non-hydrogen) atoms. The van der Waals surface area contributed by atoms with Gasteiger partial charge in [0.05, 0.1) is 0 Å². The average molecular weight is 156 g/mol. The number of hydrogen-bond acceptors (Lipinski definition) is 2. The molecular weight excluding hydrogens is 147 g/mol. The van der Waals surface area contributed by atoms with Crippen molar-refractivity contribution in [1.82, 2.24) is 0 Å².